The quantitative estimate of drug-likeness (QED) is 0.728. The number of nitrogens with zero attached hydrogens (tertiary/aromatic N) is 1. The van der Waals surface area contributed by atoms with Crippen LogP contribution in [0.1, 0.15) is 5.56 Å². The van der Waals surface area contributed by atoms with Crippen LogP contribution < -0.4 is 10.1 Å². The zero-order chi connectivity index (χ0) is 14.3. The van der Waals surface area contributed by atoms with E-state index in [0.717, 1.165) is 18.0 Å². The Morgan fingerprint density at radius 2 is 1.84 bits per heavy atom. The molecular formula is C14H24N2O3. The van der Waals surface area contributed by atoms with Crippen molar-refractivity contribution in [2.45, 2.75) is 12.8 Å². The van der Waals surface area contributed by atoms with Gasteiger partial charge in [0.1, 0.15) is 5.75 Å². The van der Waals surface area contributed by atoms with Crippen molar-refractivity contribution in [3.8, 4) is 5.75 Å². The normalized spacial score (nSPS) is 11.1. The summed E-state index contributed by atoms with van der Waals surface area (Å²) in [7, 11) is 8.99. The average Bonchev–Trinajstić information content (AvgIpc) is 2.39. The van der Waals surface area contributed by atoms with Crippen molar-refractivity contribution in [3.05, 3.63) is 23.8 Å². The molecule has 0 amide bonds. The zero-order valence-corrected chi connectivity index (χ0v) is 12.4. The second kappa shape index (κ2) is 7.99. The number of ether oxygens (including phenoxy) is 3. The molecule has 0 fully saturated rings. The fraction of sp³-hybridized carbons (Fsp3) is 0.571. The fourth-order valence-electron chi connectivity index (χ4n) is 1.81. The fourth-order valence-corrected chi connectivity index (χ4v) is 1.81. The highest BCUT2D eigenvalue weighted by atomic mass is 16.7. The standard InChI is InChI=1S/C14H24N2O3/c1-16(2)10-11-6-7-13(17-3)12(8-11)15-9-14(18-4)19-5/h6-8,14-15H,9-10H2,1-5H3. The molecule has 19 heavy (non-hydrogen) atoms. The Morgan fingerprint density at radius 1 is 1.16 bits per heavy atom. The summed E-state index contributed by atoms with van der Waals surface area (Å²) in [5.41, 5.74) is 2.17. The van der Waals surface area contributed by atoms with E-state index in [1.165, 1.54) is 5.56 Å². The smallest absolute Gasteiger partial charge is 0.173 e. The first-order chi connectivity index (χ1) is 9.10. The molecule has 0 aliphatic carbocycles. The molecule has 0 aromatic heterocycles. The van der Waals surface area contributed by atoms with Crippen molar-refractivity contribution in [2.24, 2.45) is 0 Å². The summed E-state index contributed by atoms with van der Waals surface area (Å²) >= 11 is 0. The number of benzene rings is 1. The lowest BCUT2D eigenvalue weighted by Crippen LogP contribution is -2.24. The van der Waals surface area contributed by atoms with Gasteiger partial charge in [0, 0.05) is 20.8 Å². The number of methoxy groups -OCH3 is 3. The first-order valence-electron chi connectivity index (χ1n) is 6.21. The second-order valence-electron chi connectivity index (χ2n) is 4.55. The molecule has 5 heteroatoms. The van der Waals surface area contributed by atoms with Crippen molar-refractivity contribution in [2.75, 3.05) is 47.3 Å². The van der Waals surface area contributed by atoms with Gasteiger partial charge in [-0.25, -0.2) is 0 Å². The van der Waals surface area contributed by atoms with E-state index in [1.54, 1.807) is 21.3 Å². The van der Waals surface area contributed by atoms with E-state index in [9.17, 15) is 0 Å². The number of nitrogens with one attached hydrogen (secondary N) is 1. The van der Waals surface area contributed by atoms with E-state index in [0.29, 0.717) is 6.54 Å². The molecule has 0 atom stereocenters. The highest BCUT2D eigenvalue weighted by molar-refractivity contribution is 5.58. The number of hydrogen-bond acceptors (Lipinski definition) is 5. The van der Waals surface area contributed by atoms with Crippen molar-refractivity contribution in [1.82, 2.24) is 4.90 Å². The Labute approximate surface area is 115 Å². The van der Waals surface area contributed by atoms with E-state index in [4.69, 9.17) is 14.2 Å². The lowest BCUT2D eigenvalue weighted by Gasteiger charge is -2.18. The Bertz CT molecular complexity index is 379. The third-order valence-electron chi connectivity index (χ3n) is 2.75. The Hall–Kier alpha value is -1.30. The highest BCUT2D eigenvalue weighted by Crippen LogP contribution is 2.26. The van der Waals surface area contributed by atoms with Gasteiger partial charge in [0.2, 0.25) is 0 Å². The average molecular weight is 268 g/mol. The van der Waals surface area contributed by atoms with E-state index < -0.39 is 0 Å². The first kappa shape index (κ1) is 15.8. The van der Waals surface area contributed by atoms with Crippen molar-refractivity contribution < 1.29 is 14.2 Å². The Kier molecular flexibility index (Phi) is 6.62. The van der Waals surface area contributed by atoms with Gasteiger partial charge in [-0.15, -0.1) is 0 Å². The molecule has 0 spiro atoms. The molecule has 0 aliphatic rings. The van der Waals surface area contributed by atoms with Gasteiger partial charge in [-0.2, -0.15) is 0 Å². The lowest BCUT2D eigenvalue weighted by molar-refractivity contribution is -0.0914. The van der Waals surface area contributed by atoms with Crippen LogP contribution >= 0.6 is 0 Å². The molecule has 0 saturated heterocycles. The van der Waals surface area contributed by atoms with Crippen LogP contribution in [0.15, 0.2) is 18.2 Å². The van der Waals surface area contributed by atoms with Crippen LogP contribution in [0.2, 0.25) is 0 Å². The molecule has 1 aromatic carbocycles. The van der Waals surface area contributed by atoms with Crippen LogP contribution in [0, 0.1) is 0 Å². The lowest BCUT2D eigenvalue weighted by atomic mass is 10.1. The third-order valence-corrected chi connectivity index (χ3v) is 2.75. The van der Waals surface area contributed by atoms with Gasteiger partial charge in [-0.1, -0.05) is 6.07 Å². The SMILES string of the molecule is COc1ccc(CN(C)C)cc1NCC(OC)OC. The van der Waals surface area contributed by atoms with Gasteiger partial charge in [-0.3, -0.25) is 0 Å². The molecule has 0 bridgehead atoms. The summed E-state index contributed by atoms with van der Waals surface area (Å²) in [6, 6.07) is 6.12. The summed E-state index contributed by atoms with van der Waals surface area (Å²) in [4.78, 5) is 2.12. The molecule has 108 valence electrons. The third kappa shape index (κ3) is 5.06. The predicted octanol–water partition coefficient (Wildman–Crippen LogP) is 1.79. The maximum Gasteiger partial charge on any atom is 0.173 e. The van der Waals surface area contributed by atoms with E-state index in [-0.39, 0.29) is 6.29 Å². The molecule has 0 unspecified atom stereocenters. The number of rotatable bonds is 8. The minimum Gasteiger partial charge on any atom is -0.495 e. The Balaban J connectivity index is 2.77. The van der Waals surface area contributed by atoms with E-state index in [1.807, 2.05) is 20.2 Å². The van der Waals surface area contributed by atoms with E-state index >= 15 is 0 Å². The van der Waals surface area contributed by atoms with Crippen LogP contribution in [0.25, 0.3) is 0 Å². The molecule has 0 aliphatic heterocycles. The van der Waals surface area contributed by atoms with Crippen molar-refractivity contribution in [1.29, 1.82) is 0 Å². The molecule has 0 saturated carbocycles. The van der Waals surface area contributed by atoms with Crippen LogP contribution in [-0.4, -0.2) is 53.2 Å². The van der Waals surface area contributed by atoms with E-state index in [2.05, 4.69) is 22.3 Å². The number of anilines is 1. The summed E-state index contributed by atoms with van der Waals surface area (Å²) in [5, 5.41) is 3.29. The van der Waals surface area contributed by atoms with Gasteiger partial charge >= 0.3 is 0 Å². The maximum absolute atomic E-state index is 5.35. The van der Waals surface area contributed by atoms with Crippen LogP contribution in [0.3, 0.4) is 0 Å². The van der Waals surface area contributed by atoms with Crippen LogP contribution in [0.4, 0.5) is 5.69 Å². The molecule has 1 aromatic rings. The first-order valence-corrected chi connectivity index (χ1v) is 6.21. The minimum absolute atomic E-state index is 0.276. The highest BCUT2D eigenvalue weighted by Gasteiger charge is 2.09. The predicted molar refractivity (Wildman–Crippen MR) is 76.7 cm³/mol. The summed E-state index contributed by atoms with van der Waals surface area (Å²) in [5.74, 6) is 0.813. The van der Waals surface area contributed by atoms with Crippen molar-refractivity contribution in [3.63, 3.8) is 0 Å². The topological polar surface area (TPSA) is 43.0 Å². The molecule has 1 N–H and O–H groups in total. The largest absolute Gasteiger partial charge is 0.495 e. The van der Waals surface area contributed by atoms with Crippen molar-refractivity contribution >= 4 is 5.69 Å². The molecule has 0 heterocycles. The minimum atomic E-state index is -0.276. The maximum atomic E-state index is 5.35. The van der Waals surface area contributed by atoms with Gasteiger partial charge in [0.15, 0.2) is 6.29 Å². The van der Waals surface area contributed by atoms with Crippen LogP contribution in [0.5, 0.6) is 5.75 Å². The number of hydrogen-bond donors (Lipinski definition) is 1. The summed E-state index contributed by atoms with van der Waals surface area (Å²) in [6.07, 6.45) is -0.276. The van der Waals surface area contributed by atoms with Gasteiger partial charge < -0.3 is 24.4 Å². The molecule has 5 nitrogen and oxygen atoms in total. The summed E-state index contributed by atoms with van der Waals surface area (Å²) in [6.45, 7) is 1.45. The van der Waals surface area contributed by atoms with Crippen LogP contribution in [-0.2, 0) is 16.0 Å². The zero-order valence-electron chi connectivity index (χ0n) is 12.4. The molecule has 0 radical (unpaired) electrons. The monoisotopic (exact) mass is 268 g/mol. The molecule has 1 rings (SSSR count). The Morgan fingerprint density at radius 3 is 2.37 bits per heavy atom. The molecular weight excluding hydrogens is 244 g/mol. The van der Waals surface area contributed by atoms with Gasteiger partial charge in [0.05, 0.1) is 19.3 Å². The summed E-state index contributed by atoms with van der Waals surface area (Å²) < 4.78 is 15.7. The van der Waals surface area contributed by atoms with Gasteiger partial charge in [0.25, 0.3) is 0 Å². The van der Waals surface area contributed by atoms with Gasteiger partial charge in [-0.05, 0) is 31.8 Å². The second-order valence-corrected chi connectivity index (χ2v) is 4.55.